The molecule has 2 nitrogen and oxygen atoms in total. The average Bonchev–Trinajstić information content (AvgIpc) is 2.49. The lowest BCUT2D eigenvalue weighted by Crippen LogP contribution is -2.52. The third-order valence-electron chi connectivity index (χ3n) is 3.51. The van der Waals surface area contributed by atoms with Gasteiger partial charge in [0.05, 0.1) is 0 Å². The van der Waals surface area contributed by atoms with E-state index < -0.39 is 5.92 Å². The molecule has 2 aliphatic rings. The van der Waals surface area contributed by atoms with Crippen molar-refractivity contribution in [2.24, 2.45) is 0 Å². The van der Waals surface area contributed by atoms with Crippen molar-refractivity contribution in [3.05, 3.63) is 0 Å². The van der Waals surface area contributed by atoms with E-state index in [4.69, 9.17) is 0 Å². The van der Waals surface area contributed by atoms with Gasteiger partial charge in [0.25, 0.3) is 5.92 Å². The van der Waals surface area contributed by atoms with Gasteiger partial charge in [0.15, 0.2) is 0 Å². The molecule has 15 heavy (non-hydrogen) atoms. The topological polar surface area (TPSA) is 15.3 Å². The third kappa shape index (κ3) is 2.67. The maximum Gasteiger partial charge on any atom is 0.251 e. The van der Waals surface area contributed by atoms with Crippen molar-refractivity contribution in [1.82, 2.24) is 10.2 Å². The molecule has 2 fully saturated rings. The molecule has 0 aromatic rings. The zero-order valence-electron chi connectivity index (χ0n) is 9.47. The zero-order chi connectivity index (χ0) is 11.1. The first kappa shape index (κ1) is 11.3. The highest BCUT2D eigenvalue weighted by molar-refractivity contribution is 4.95. The smallest absolute Gasteiger partial charge is 0.251 e. The van der Waals surface area contributed by atoms with E-state index in [2.05, 4.69) is 24.1 Å². The van der Waals surface area contributed by atoms with Gasteiger partial charge < -0.3 is 5.32 Å². The van der Waals surface area contributed by atoms with Crippen molar-refractivity contribution in [1.29, 1.82) is 0 Å². The van der Waals surface area contributed by atoms with E-state index in [1.807, 2.05) is 0 Å². The summed E-state index contributed by atoms with van der Waals surface area (Å²) >= 11 is 0. The summed E-state index contributed by atoms with van der Waals surface area (Å²) in [6.45, 7) is 6.47. The Morgan fingerprint density at radius 1 is 1.27 bits per heavy atom. The molecule has 1 aliphatic heterocycles. The number of hydrogen-bond donors (Lipinski definition) is 1. The Labute approximate surface area is 90.0 Å². The molecule has 1 saturated heterocycles. The van der Waals surface area contributed by atoms with Gasteiger partial charge in [-0.15, -0.1) is 0 Å². The summed E-state index contributed by atoms with van der Waals surface area (Å²) < 4.78 is 25.2. The lowest BCUT2D eigenvalue weighted by atomic mass is 9.87. The summed E-state index contributed by atoms with van der Waals surface area (Å²) in [5.74, 6) is -2.39. The molecule has 4 heteroatoms. The van der Waals surface area contributed by atoms with Crippen molar-refractivity contribution in [2.45, 2.75) is 57.2 Å². The van der Waals surface area contributed by atoms with E-state index in [1.54, 1.807) is 0 Å². The highest BCUT2D eigenvalue weighted by Crippen LogP contribution is 2.37. The number of likely N-dealkylation sites (tertiary alicyclic amines) is 1. The fraction of sp³-hybridized carbons (Fsp3) is 1.00. The van der Waals surface area contributed by atoms with Crippen LogP contribution in [-0.4, -0.2) is 42.0 Å². The minimum atomic E-state index is -2.39. The van der Waals surface area contributed by atoms with Gasteiger partial charge in [-0.25, -0.2) is 8.78 Å². The van der Waals surface area contributed by atoms with Crippen LogP contribution in [0.25, 0.3) is 0 Å². The highest BCUT2D eigenvalue weighted by atomic mass is 19.3. The standard InChI is InChI=1S/C11H20F2N2/c1-8(2)15-4-3-9(7-15)14-10-5-11(12,13)6-10/h8-10,14H,3-7H2,1-2H3/t9-/m1/s1. The number of rotatable bonds is 3. The maximum absolute atomic E-state index is 12.6. The maximum atomic E-state index is 12.6. The average molecular weight is 218 g/mol. The first-order valence-corrected chi connectivity index (χ1v) is 5.84. The minimum Gasteiger partial charge on any atom is -0.309 e. The SMILES string of the molecule is CC(C)N1CC[C@@H](NC2CC(F)(F)C2)C1. The summed E-state index contributed by atoms with van der Waals surface area (Å²) in [5.41, 5.74) is 0. The first-order valence-electron chi connectivity index (χ1n) is 5.84. The quantitative estimate of drug-likeness (QED) is 0.777. The Morgan fingerprint density at radius 2 is 1.93 bits per heavy atom. The fourth-order valence-electron chi connectivity index (χ4n) is 2.50. The Bertz CT molecular complexity index is 223. The van der Waals surface area contributed by atoms with Crippen LogP contribution in [0.5, 0.6) is 0 Å². The van der Waals surface area contributed by atoms with Crippen LogP contribution in [0.4, 0.5) is 8.78 Å². The van der Waals surface area contributed by atoms with E-state index in [9.17, 15) is 8.78 Å². The molecule has 0 unspecified atom stereocenters. The molecule has 0 bridgehead atoms. The van der Waals surface area contributed by atoms with Crippen molar-refractivity contribution in [3.8, 4) is 0 Å². The summed E-state index contributed by atoms with van der Waals surface area (Å²) in [4.78, 5) is 2.40. The molecule has 0 aromatic heterocycles. The second-order valence-corrected chi connectivity index (χ2v) is 5.20. The highest BCUT2D eigenvalue weighted by Gasteiger charge is 2.46. The van der Waals surface area contributed by atoms with Crippen LogP contribution in [0, 0.1) is 0 Å². The van der Waals surface area contributed by atoms with Crippen LogP contribution in [0.2, 0.25) is 0 Å². The second-order valence-electron chi connectivity index (χ2n) is 5.20. The lowest BCUT2D eigenvalue weighted by molar-refractivity contribution is -0.0945. The number of nitrogens with one attached hydrogen (secondary N) is 1. The predicted molar refractivity (Wildman–Crippen MR) is 56.2 cm³/mol. The van der Waals surface area contributed by atoms with Gasteiger partial charge in [0.2, 0.25) is 0 Å². The molecular formula is C11H20F2N2. The zero-order valence-corrected chi connectivity index (χ0v) is 9.47. The lowest BCUT2D eigenvalue weighted by Gasteiger charge is -2.37. The summed E-state index contributed by atoms with van der Waals surface area (Å²) in [5, 5.41) is 3.33. The van der Waals surface area contributed by atoms with Gasteiger partial charge in [-0.3, -0.25) is 4.90 Å². The Morgan fingerprint density at radius 3 is 2.40 bits per heavy atom. The molecule has 1 saturated carbocycles. The number of halogens is 2. The van der Waals surface area contributed by atoms with Crippen LogP contribution in [0.15, 0.2) is 0 Å². The molecule has 2 rings (SSSR count). The van der Waals surface area contributed by atoms with Gasteiger partial charge >= 0.3 is 0 Å². The molecular weight excluding hydrogens is 198 g/mol. The molecule has 0 amide bonds. The van der Waals surface area contributed by atoms with Crippen molar-refractivity contribution in [3.63, 3.8) is 0 Å². The number of nitrogens with zero attached hydrogens (tertiary/aromatic N) is 1. The van der Waals surface area contributed by atoms with Crippen LogP contribution >= 0.6 is 0 Å². The Hall–Kier alpha value is -0.220. The van der Waals surface area contributed by atoms with Crippen molar-refractivity contribution >= 4 is 0 Å². The van der Waals surface area contributed by atoms with E-state index in [1.165, 1.54) is 0 Å². The Balaban J connectivity index is 1.70. The van der Waals surface area contributed by atoms with E-state index in [0.717, 1.165) is 19.5 Å². The molecule has 1 aliphatic carbocycles. The first-order chi connectivity index (χ1) is 6.96. The predicted octanol–water partition coefficient (Wildman–Crippen LogP) is 1.86. The molecule has 0 radical (unpaired) electrons. The van der Waals surface area contributed by atoms with E-state index >= 15 is 0 Å². The van der Waals surface area contributed by atoms with Crippen LogP contribution in [0.1, 0.15) is 33.1 Å². The monoisotopic (exact) mass is 218 g/mol. The summed E-state index contributed by atoms with van der Waals surface area (Å²) in [6, 6.07) is 1.05. The van der Waals surface area contributed by atoms with Crippen molar-refractivity contribution < 1.29 is 8.78 Å². The third-order valence-corrected chi connectivity index (χ3v) is 3.51. The number of alkyl halides is 2. The van der Waals surface area contributed by atoms with E-state index in [0.29, 0.717) is 12.1 Å². The number of hydrogen-bond acceptors (Lipinski definition) is 2. The molecule has 1 N–H and O–H groups in total. The van der Waals surface area contributed by atoms with Crippen LogP contribution in [-0.2, 0) is 0 Å². The van der Waals surface area contributed by atoms with E-state index in [-0.39, 0.29) is 18.9 Å². The molecule has 1 atom stereocenters. The minimum absolute atomic E-state index is 0.0329. The van der Waals surface area contributed by atoms with Crippen LogP contribution in [0.3, 0.4) is 0 Å². The largest absolute Gasteiger partial charge is 0.309 e. The molecule has 88 valence electrons. The van der Waals surface area contributed by atoms with Crippen molar-refractivity contribution in [2.75, 3.05) is 13.1 Å². The van der Waals surface area contributed by atoms with Gasteiger partial charge in [-0.2, -0.15) is 0 Å². The fourth-order valence-corrected chi connectivity index (χ4v) is 2.50. The molecule has 1 heterocycles. The Kier molecular flexibility index (Phi) is 2.99. The summed E-state index contributed by atoms with van der Waals surface area (Å²) in [6.07, 6.45) is 1.16. The van der Waals surface area contributed by atoms with Gasteiger partial charge in [-0.1, -0.05) is 0 Å². The van der Waals surface area contributed by atoms with Gasteiger partial charge in [0, 0.05) is 37.5 Å². The van der Waals surface area contributed by atoms with Gasteiger partial charge in [0.1, 0.15) is 0 Å². The van der Waals surface area contributed by atoms with Gasteiger partial charge in [-0.05, 0) is 26.8 Å². The second kappa shape index (κ2) is 3.98. The van der Waals surface area contributed by atoms with Crippen LogP contribution < -0.4 is 5.32 Å². The molecule has 0 aromatic carbocycles. The normalized spacial score (nSPS) is 32.2. The molecule has 0 spiro atoms. The summed E-state index contributed by atoms with van der Waals surface area (Å²) in [7, 11) is 0.